The number of piperazine rings is 1. The summed E-state index contributed by atoms with van der Waals surface area (Å²) in [6, 6.07) is 16.1. The Bertz CT molecular complexity index is 1240. The molecule has 1 aliphatic heterocycles. The Labute approximate surface area is 218 Å². The van der Waals surface area contributed by atoms with Crippen LogP contribution in [-0.4, -0.2) is 48.0 Å². The van der Waals surface area contributed by atoms with E-state index in [4.69, 9.17) is 39.8 Å². The van der Waals surface area contributed by atoms with Crippen molar-refractivity contribution in [3.8, 4) is 0 Å². The molecular weight excluding hydrogens is 507 g/mol. The van der Waals surface area contributed by atoms with Gasteiger partial charge in [0.25, 0.3) is 5.91 Å². The Hall–Kier alpha value is -3.33. The van der Waals surface area contributed by atoms with Gasteiger partial charge in [-0.25, -0.2) is 0 Å². The number of rotatable bonds is 5. The zero-order chi connectivity index (χ0) is 24.8. The number of hydrogen-bond acceptors (Lipinski definition) is 5. The van der Waals surface area contributed by atoms with Gasteiger partial charge in [-0.2, -0.15) is 0 Å². The van der Waals surface area contributed by atoms with Gasteiger partial charge in [-0.15, -0.1) is 0 Å². The van der Waals surface area contributed by atoms with Crippen LogP contribution in [0, 0.1) is 0 Å². The first kappa shape index (κ1) is 24.8. The summed E-state index contributed by atoms with van der Waals surface area (Å²) in [5.74, 6) is -0.107. The van der Waals surface area contributed by atoms with Crippen molar-refractivity contribution < 1.29 is 14.0 Å². The van der Waals surface area contributed by atoms with Crippen molar-refractivity contribution >= 4 is 69.8 Å². The van der Waals surface area contributed by atoms with Crippen molar-refractivity contribution in [1.82, 2.24) is 10.2 Å². The summed E-state index contributed by atoms with van der Waals surface area (Å²) in [5.41, 5.74) is 2.46. The molecule has 1 aliphatic rings. The Balaban J connectivity index is 1.25. The molecule has 2 heterocycles. The second kappa shape index (κ2) is 11.4. The number of nitrogens with zero attached hydrogens (tertiary/aromatic N) is 2. The molecule has 0 bridgehead atoms. The highest BCUT2D eigenvalue weighted by molar-refractivity contribution is 7.80. The zero-order valence-electron chi connectivity index (χ0n) is 18.5. The van der Waals surface area contributed by atoms with E-state index < -0.39 is 0 Å². The van der Waals surface area contributed by atoms with Crippen molar-refractivity contribution in [2.75, 3.05) is 36.4 Å². The molecule has 2 aromatic carbocycles. The molecule has 2 N–H and O–H groups in total. The highest BCUT2D eigenvalue weighted by Crippen LogP contribution is 2.22. The number of thiocarbonyl (C=S) groups is 1. The Morgan fingerprint density at radius 3 is 2.40 bits per heavy atom. The third-order valence-electron chi connectivity index (χ3n) is 5.40. The first-order valence-corrected chi connectivity index (χ1v) is 12.0. The molecule has 180 valence electrons. The van der Waals surface area contributed by atoms with Gasteiger partial charge >= 0.3 is 0 Å². The number of halogens is 2. The lowest BCUT2D eigenvalue weighted by Crippen LogP contribution is -2.48. The lowest BCUT2D eigenvalue weighted by atomic mass is 10.2. The van der Waals surface area contributed by atoms with E-state index in [-0.39, 0.29) is 16.9 Å². The second-order valence-corrected chi connectivity index (χ2v) is 9.00. The molecule has 0 radical (unpaired) electrons. The average Bonchev–Trinajstić information content (AvgIpc) is 3.39. The largest absolute Gasteiger partial charge is 0.459 e. The molecule has 0 unspecified atom stereocenters. The van der Waals surface area contributed by atoms with Crippen LogP contribution in [0.15, 0.2) is 71.4 Å². The monoisotopic (exact) mass is 528 g/mol. The molecule has 1 aromatic heterocycles. The van der Waals surface area contributed by atoms with Gasteiger partial charge in [0.2, 0.25) is 5.91 Å². The van der Waals surface area contributed by atoms with Gasteiger partial charge in [0.05, 0.1) is 6.26 Å². The van der Waals surface area contributed by atoms with Crippen molar-refractivity contribution in [1.29, 1.82) is 0 Å². The predicted molar refractivity (Wildman–Crippen MR) is 143 cm³/mol. The van der Waals surface area contributed by atoms with Crippen LogP contribution in [0.2, 0.25) is 10.0 Å². The van der Waals surface area contributed by atoms with Gasteiger partial charge in [-0.05, 0) is 72.4 Å². The minimum absolute atomic E-state index is 0.0872. The molecule has 10 heteroatoms. The molecule has 7 nitrogen and oxygen atoms in total. The van der Waals surface area contributed by atoms with E-state index in [2.05, 4.69) is 15.5 Å². The highest BCUT2D eigenvalue weighted by atomic mass is 35.5. The fourth-order valence-corrected chi connectivity index (χ4v) is 4.29. The summed E-state index contributed by atoms with van der Waals surface area (Å²) in [6.07, 6.45) is 4.44. The maximum Gasteiger partial charge on any atom is 0.289 e. The third-order valence-corrected chi connectivity index (χ3v) is 6.17. The first-order chi connectivity index (χ1) is 16.9. The van der Waals surface area contributed by atoms with Crippen molar-refractivity contribution in [2.45, 2.75) is 0 Å². The molecule has 0 saturated carbocycles. The normalized spacial score (nSPS) is 13.7. The maximum absolute atomic E-state index is 12.4. The molecule has 0 spiro atoms. The molecule has 1 saturated heterocycles. The molecule has 0 atom stereocenters. The van der Waals surface area contributed by atoms with Gasteiger partial charge in [-0.1, -0.05) is 29.3 Å². The lowest BCUT2D eigenvalue weighted by Gasteiger charge is -2.35. The van der Waals surface area contributed by atoms with Crippen LogP contribution in [-0.2, 0) is 4.79 Å². The van der Waals surface area contributed by atoms with E-state index in [0.717, 1.165) is 24.5 Å². The Morgan fingerprint density at radius 2 is 1.74 bits per heavy atom. The molecule has 1 fully saturated rings. The van der Waals surface area contributed by atoms with Crippen LogP contribution in [0.3, 0.4) is 0 Å². The van der Waals surface area contributed by atoms with Gasteiger partial charge in [0.1, 0.15) is 0 Å². The van der Waals surface area contributed by atoms with Crippen LogP contribution in [0.1, 0.15) is 16.1 Å². The quantitative estimate of drug-likeness (QED) is 0.355. The number of amides is 2. The smallest absolute Gasteiger partial charge is 0.289 e. The predicted octanol–water partition coefficient (Wildman–Crippen LogP) is 5.08. The van der Waals surface area contributed by atoms with Crippen molar-refractivity contribution in [3.63, 3.8) is 0 Å². The fourth-order valence-electron chi connectivity index (χ4n) is 3.60. The van der Waals surface area contributed by atoms with Gasteiger partial charge in [-0.3, -0.25) is 14.9 Å². The minimum Gasteiger partial charge on any atom is -0.459 e. The van der Waals surface area contributed by atoms with Crippen molar-refractivity contribution in [3.05, 3.63) is 88.3 Å². The number of hydrogen-bond donors (Lipinski definition) is 2. The van der Waals surface area contributed by atoms with Crippen LogP contribution in [0.25, 0.3) is 6.08 Å². The minimum atomic E-state index is -0.382. The van der Waals surface area contributed by atoms with E-state index >= 15 is 0 Å². The van der Waals surface area contributed by atoms with Gasteiger partial charge < -0.3 is 19.5 Å². The SMILES string of the molecule is O=C(C=Cc1ccc(Cl)cc1Cl)NC(=S)Nc1ccc(N2CCN(C(=O)c3ccco3)CC2)cc1. The van der Waals surface area contributed by atoms with Crippen molar-refractivity contribution in [2.24, 2.45) is 0 Å². The number of benzene rings is 2. The zero-order valence-corrected chi connectivity index (χ0v) is 20.9. The standard InChI is InChI=1S/C25H22Cl2N4O3S/c26-18-5-3-17(21(27)16-18)4-10-23(32)29-25(35)28-19-6-8-20(9-7-19)30-11-13-31(14-12-30)24(33)22-2-1-15-34-22/h1-10,15-16H,11-14H2,(H2,28,29,32,35). The summed E-state index contributed by atoms with van der Waals surface area (Å²) < 4.78 is 5.21. The molecule has 0 aliphatic carbocycles. The average molecular weight is 529 g/mol. The van der Waals surface area contributed by atoms with E-state index in [0.29, 0.717) is 34.5 Å². The van der Waals surface area contributed by atoms with Crippen LogP contribution in [0.5, 0.6) is 0 Å². The fraction of sp³-hybridized carbons (Fsp3) is 0.160. The van der Waals surface area contributed by atoms with E-state index in [1.807, 2.05) is 24.3 Å². The summed E-state index contributed by atoms with van der Waals surface area (Å²) >= 11 is 17.2. The summed E-state index contributed by atoms with van der Waals surface area (Å²) in [6.45, 7) is 2.67. The molecular formula is C25H22Cl2N4O3S. The van der Waals surface area contributed by atoms with E-state index in [9.17, 15) is 9.59 Å². The highest BCUT2D eigenvalue weighted by Gasteiger charge is 2.23. The summed E-state index contributed by atoms with van der Waals surface area (Å²) in [7, 11) is 0. The lowest BCUT2D eigenvalue weighted by molar-refractivity contribution is -0.115. The molecule has 4 rings (SSSR count). The summed E-state index contributed by atoms with van der Waals surface area (Å²) in [5, 5.41) is 6.76. The third kappa shape index (κ3) is 6.63. The topological polar surface area (TPSA) is 77.8 Å². The molecule has 2 amide bonds. The van der Waals surface area contributed by atoms with Crippen LogP contribution in [0.4, 0.5) is 11.4 Å². The van der Waals surface area contributed by atoms with Crippen LogP contribution >= 0.6 is 35.4 Å². The summed E-state index contributed by atoms with van der Waals surface area (Å²) in [4.78, 5) is 28.6. The first-order valence-electron chi connectivity index (χ1n) is 10.8. The molecule has 3 aromatic rings. The van der Waals surface area contributed by atoms with Gasteiger partial charge in [0, 0.05) is 53.7 Å². The number of anilines is 2. The number of furan rings is 1. The number of nitrogens with one attached hydrogen (secondary N) is 2. The number of carbonyl (C=O) groups excluding carboxylic acids is 2. The molecule has 35 heavy (non-hydrogen) atoms. The van der Waals surface area contributed by atoms with Gasteiger partial charge in [0.15, 0.2) is 10.9 Å². The van der Waals surface area contributed by atoms with E-state index in [1.54, 1.807) is 41.3 Å². The Kier molecular flexibility index (Phi) is 8.07. The van der Waals surface area contributed by atoms with Crippen LogP contribution < -0.4 is 15.5 Å². The Morgan fingerprint density at radius 1 is 1.00 bits per heavy atom. The number of carbonyl (C=O) groups is 2. The van der Waals surface area contributed by atoms with E-state index in [1.165, 1.54) is 12.3 Å². The maximum atomic E-state index is 12.4. The second-order valence-electron chi connectivity index (χ2n) is 7.75.